The predicted octanol–water partition coefficient (Wildman–Crippen LogP) is 2.61. The van der Waals surface area contributed by atoms with Crippen molar-refractivity contribution in [3.63, 3.8) is 0 Å². The van der Waals surface area contributed by atoms with E-state index in [4.69, 9.17) is 10.5 Å². The highest BCUT2D eigenvalue weighted by atomic mass is 19.1. The van der Waals surface area contributed by atoms with E-state index in [1.165, 1.54) is 7.11 Å². The Hall–Kier alpha value is -2.01. The molecule has 0 saturated heterocycles. The van der Waals surface area contributed by atoms with Gasteiger partial charge in [-0.15, -0.1) is 0 Å². The Balaban J connectivity index is 2.25. The summed E-state index contributed by atoms with van der Waals surface area (Å²) in [6, 6.07) is 6.29. The van der Waals surface area contributed by atoms with Gasteiger partial charge in [0.25, 0.3) is 0 Å². The van der Waals surface area contributed by atoms with Crippen LogP contribution in [0.15, 0.2) is 36.5 Å². The molecule has 100 valence electrons. The summed E-state index contributed by atoms with van der Waals surface area (Å²) in [5, 5.41) is 0. The Morgan fingerprint density at radius 1 is 1.32 bits per heavy atom. The summed E-state index contributed by atoms with van der Waals surface area (Å²) >= 11 is 0. The van der Waals surface area contributed by atoms with Gasteiger partial charge in [-0.25, -0.2) is 13.8 Å². The summed E-state index contributed by atoms with van der Waals surface area (Å²) in [4.78, 5) is 4.03. The number of nitrogens with two attached hydrogens (primary N) is 1. The summed E-state index contributed by atoms with van der Waals surface area (Å²) in [6.07, 6.45) is 1.75. The van der Waals surface area contributed by atoms with Crippen molar-refractivity contribution in [2.45, 2.75) is 12.5 Å². The molecule has 1 aromatic carbocycles. The molecule has 0 radical (unpaired) electrons. The summed E-state index contributed by atoms with van der Waals surface area (Å²) in [7, 11) is 1.49. The molecule has 3 nitrogen and oxygen atoms in total. The highest BCUT2D eigenvalue weighted by Gasteiger charge is 2.15. The molecule has 1 unspecified atom stereocenters. The molecule has 0 aliphatic heterocycles. The molecule has 0 aliphatic carbocycles. The first kappa shape index (κ1) is 13.4. The average molecular weight is 264 g/mol. The van der Waals surface area contributed by atoms with Gasteiger partial charge in [0, 0.05) is 17.8 Å². The maximum atomic E-state index is 13.6. The number of hydrogen-bond donors (Lipinski definition) is 1. The van der Waals surface area contributed by atoms with Crippen LogP contribution in [0.4, 0.5) is 8.78 Å². The first-order chi connectivity index (χ1) is 9.11. The molecule has 19 heavy (non-hydrogen) atoms. The predicted molar refractivity (Wildman–Crippen MR) is 67.8 cm³/mol. The number of halogens is 2. The fourth-order valence-electron chi connectivity index (χ4n) is 1.90. The Morgan fingerprint density at radius 3 is 2.84 bits per heavy atom. The van der Waals surface area contributed by atoms with Gasteiger partial charge in [0.05, 0.1) is 7.11 Å². The molecule has 1 aromatic heterocycles. The molecule has 1 atom stereocenters. The number of methoxy groups -OCH3 is 1. The molecule has 0 amide bonds. The lowest BCUT2D eigenvalue weighted by Gasteiger charge is -2.15. The molecule has 0 saturated carbocycles. The number of aromatic nitrogens is 1. The molecule has 0 bridgehead atoms. The number of pyridine rings is 1. The van der Waals surface area contributed by atoms with E-state index in [-0.39, 0.29) is 12.0 Å². The lowest BCUT2D eigenvalue weighted by Crippen LogP contribution is -2.15. The third-order valence-corrected chi connectivity index (χ3v) is 2.84. The van der Waals surface area contributed by atoms with E-state index in [1.54, 1.807) is 18.3 Å². The molecule has 0 spiro atoms. The Bertz CT molecular complexity index is 575. The van der Waals surface area contributed by atoms with Crippen molar-refractivity contribution in [3.05, 3.63) is 59.3 Å². The number of benzene rings is 1. The van der Waals surface area contributed by atoms with E-state index in [1.807, 2.05) is 0 Å². The summed E-state index contributed by atoms with van der Waals surface area (Å²) in [5.74, 6) is -0.562. The fraction of sp³-hybridized carbons (Fsp3) is 0.214. The van der Waals surface area contributed by atoms with Crippen molar-refractivity contribution in [1.29, 1.82) is 0 Å². The fourth-order valence-corrected chi connectivity index (χ4v) is 1.90. The standard InChI is InChI=1S/C14H14F2N2O/c1-19-14-11(3-2-6-18-14)13(17)8-9-7-10(15)4-5-12(9)16/h2-7,13H,8,17H2,1H3. The summed E-state index contributed by atoms with van der Waals surface area (Å²) in [6.45, 7) is 0. The zero-order valence-corrected chi connectivity index (χ0v) is 10.4. The van der Waals surface area contributed by atoms with Crippen LogP contribution in [-0.4, -0.2) is 12.1 Å². The normalized spacial score (nSPS) is 12.2. The van der Waals surface area contributed by atoms with Crippen LogP contribution >= 0.6 is 0 Å². The second-order valence-corrected chi connectivity index (χ2v) is 4.15. The van der Waals surface area contributed by atoms with E-state index in [2.05, 4.69) is 4.98 Å². The Labute approximate surface area is 110 Å². The van der Waals surface area contributed by atoms with Crippen LogP contribution in [0.25, 0.3) is 0 Å². The molecule has 2 rings (SSSR count). The van der Waals surface area contributed by atoms with Gasteiger partial charge in [0.15, 0.2) is 0 Å². The minimum Gasteiger partial charge on any atom is -0.481 e. The van der Waals surface area contributed by atoms with Crippen LogP contribution in [0.3, 0.4) is 0 Å². The largest absolute Gasteiger partial charge is 0.481 e. The monoisotopic (exact) mass is 264 g/mol. The molecule has 0 fully saturated rings. The maximum absolute atomic E-state index is 13.6. The lowest BCUT2D eigenvalue weighted by atomic mass is 10.00. The first-order valence-electron chi connectivity index (χ1n) is 5.80. The van der Waals surface area contributed by atoms with Crippen molar-refractivity contribution >= 4 is 0 Å². The van der Waals surface area contributed by atoms with Crippen LogP contribution in [0.1, 0.15) is 17.2 Å². The van der Waals surface area contributed by atoms with Crippen LogP contribution in [0.5, 0.6) is 5.88 Å². The van der Waals surface area contributed by atoms with Gasteiger partial charge in [0.2, 0.25) is 5.88 Å². The SMILES string of the molecule is COc1ncccc1C(N)Cc1cc(F)ccc1F. The molecule has 1 heterocycles. The van der Waals surface area contributed by atoms with Gasteiger partial charge < -0.3 is 10.5 Å². The molecular formula is C14H14F2N2O. The number of ether oxygens (including phenoxy) is 1. The average Bonchev–Trinajstić information content (AvgIpc) is 2.42. The number of hydrogen-bond acceptors (Lipinski definition) is 3. The number of rotatable bonds is 4. The third kappa shape index (κ3) is 3.06. The number of nitrogens with zero attached hydrogens (tertiary/aromatic N) is 1. The minimum absolute atomic E-state index is 0.172. The van der Waals surface area contributed by atoms with Gasteiger partial charge in [-0.2, -0.15) is 0 Å². The van der Waals surface area contributed by atoms with E-state index in [0.717, 1.165) is 18.2 Å². The highest BCUT2D eigenvalue weighted by Crippen LogP contribution is 2.24. The van der Waals surface area contributed by atoms with Crippen LogP contribution in [-0.2, 0) is 6.42 Å². The van der Waals surface area contributed by atoms with Crippen molar-refractivity contribution in [3.8, 4) is 5.88 Å². The zero-order valence-electron chi connectivity index (χ0n) is 10.4. The van der Waals surface area contributed by atoms with Crippen molar-refractivity contribution in [2.24, 2.45) is 5.73 Å². The maximum Gasteiger partial charge on any atom is 0.217 e. The third-order valence-electron chi connectivity index (χ3n) is 2.84. The first-order valence-corrected chi connectivity index (χ1v) is 5.80. The van der Waals surface area contributed by atoms with Crippen molar-refractivity contribution < 1.29 is 13.5 Å². The van der Waals surface area contributed by atoms with E-state index < -0.39 is 17.7 Å². The quantitative estimate of drug-likeness (QED) is 0.923. The van der Waals surface area contributed by atoms with Gasteiger partial charge in [0.1, 0.15) is 11.6 Å². The van der Waals surface area contributed by atoms with Crippen LogP contribution < -0.4 is 10.5 Å². The smallest absolute Gasteiger partial charge is 0.217 e. The minimum atomic E-state index is -0.514. The van der Waals surface area contributed by atoms with Crippen molar-refractivity contribution in [2.75, 3.05) is 7.11 Å². The summed E-state index contributed by atoms with van der Waals surface area (Å²) in [5.41, 5.74) is 6.91. The molecular weight excluding hydrogens is 250 g/mol. The van der Waals surface area contributed by atoms with E-state index in [0.29, 0.717) is 11.4 Å². The van der Waals surface area contributed by atoms with Gasteiger partial charge >= 0.3 is 0 Å². The van der Waals surface area contributed by atoms with E-state index >= 15 is 0 Å². The van der Waals surface area contributed by atoms with Gasteiger partial charge in [-0.1, -0.05) is 6.07 Å². The van der Waals surface area contributed by atoms with Gasteiger partial charge in [-0.3, -0.25) is 0 Å². The second-order valence-electron chi connectivity index (χ2n) is 4.15. The second kappa shape index (κ2) is 5.75. The lowest BCUT2D eigenvalue weighted by molar-refractivity contribution is 0.388. The zero-order chi connectivity index (χ0) is 13.8. The topological polar surface area (TPSA) is 48.1 Å². The molecule has 2 N–H and O–H groups in total. The summed E-state index contributed by atoms with van der Waals surface area (Å²) < 4.78 is 31.8. The van der Waals surface area contributed by atoms with Crippen LogP contribution in [0.2, 0.25) is 0 Å². The van der Waals surface area contributed by atoms with E-state index in [9.17, 15) is 8.78 Å². The Kier molecular flexibility index (Phi) is 4.06. The molecule has 0 aliphatic rings. The van der Waals surface area contributed by atoms with Crippen molar-refractivity contribution in [1.82, 2.24) is 4.98 Å². The molecule has 2 aromatic rings. The van der Waals surface area contributed by atoms with Gasteiger partial charge in [-0.05, 0) is 36.2 Å². The highest BCUT2D eigenvalue weighted by molar-refractivity contribution is 5.31. The Morgan fingerprint density at radius 2 is 2.11 bits per heavy atom. The molecule has 5 heteroatoms. The van der Waals surface area contributed by atoms with Crippen LogP contribution in [0, 0.1) is 11.6 Å².